The minimum Gasteiger partial charge on any atom is -0.290 e. The minimum absolute atomic E-state index is 0.143. The van der Waals surface area contributed by atoms with Crippen LogP contribution in [0.1, 0.15) is 5.56 Å². The standard InChI is InChI=1S/C14H18N/c1-5-14(15(3,4)6-2)12-13-10-8-7-9-11-13/h1,6-11,14H,2,12H2,3-4H3/q+1. The van der Waals surface area contributed by atoms with Crippen LogP contribution in [0.25, 0.3) is 0 Å². The van der Waals surface area contributed by atoms with Gasteiger partial charge in [-0.3, -0.25) is 4.48 Å². The van der Waals surface area contributed by atoms with Crippen molar-refractivity contribution in [1.82, 2.24) is 0 Å². The summed E-state index contributed by atoms with van der Waals surface area (Å²) in [4.78, 5) is 0. The van der Waals surface area contributed by atoms with E-state index in [1.165, 1.54) is 5.56 Å². The molecule has 0 aliphatic rings. The summed E-state index contributed by atoms with van der Waals surface area (Å²) in [6, 6.07) is 10.4. The summed E-state index contributed by atoms with van der Waals surface area (Å²) in [6.07, 6.45) is 8.34. The van der Waals surface area contributed by atoms with E-state index >= 15 is 0 Å². The van der Waals surface area contributed by atoms with Gasteiger partial charge in [-0.05, 0) is 18.1 Å². The predicted octanol–water partition coefficient (Wildman–Crippen LogP) is 2.45. The fourth-order valence-corrected chi connectivity index (χ4v) is 1.45. The Balaban J connectivity index is 2.80. The third-order valence-corrected chi connectivity index (χ3v) is 2.74. The Bertz CT molecular complexity index is 357. The van der Waals surface area contributed by atoms with E-state index < -0.39 is 0 Å². The highest BCUT2D eigenvalue weighted by Crippen LogP contribution is 2.13. The number of likely N-dealkylation sites (N-methyl/N-ethyl adjacent to an activating group) is 1. The summed E-state index contributed by atoms with van der Waals surface area (Å²) in [5.74, 6) is 2.84. The molecule has 0 saturated heterocycles. The minimum atomic E-state index is 0.143. The zero-order valence-corrected chi connectivity index (χ0v) is 9.48. The summed E-state index contributed by atoms with van der Waals surface area (Å²) in [7, 11) is 4.14. The Kier molecular flexibility index (Phi) is 3.71. The first-order valence-electron chi connectivity index (χ1n) is 5.07. The van der Waals surface area contributed by atoms with Crippen LogP contribution in [-0.2, 0) is 6.42 Å². The van der Waals surface area contributed by atoms with Crippen molar-refractivity contribution in [3.8, 4) is 12.3 Å². The van der Waals surface area contributed by atoms with E-state index in [1.807, 2.05) is 24.4 Å². The highest BCUT2D eigenvalue weighted by Gasteiger charge is 2.23. The van der Waals surface area contributed by atoms with E-state index in [2.05, 4.69) is 38.7 Å². The molecule has 0 aromatic heterocycles. The number of hydrogen-bond acceptors (Lipinski definition) is 0. The van der Waals surface area contributed by atoms with Crippen molar-refractivity contribution in [2.45, 2.75) is 12.5 Å². The van der Waals surface area contributed by atoms with Crippen molar-refractivity contribution < 1.29 is 4.48 Å². The summed E-state index contributed by atoms with van der Waals surface area (Å²) in [5.41, 5.74) is 1.27. The SMILES string of the molecule is C#CC(Cc1ccccc1)[N+](C)(C)C=C. The molecule has 0 N–H and O–H groups in total. The monoisotopic (exact) mass is 200 g/mol. The number of hydrogen-bond donors (Lipinski definition) is 0. The summed E-state index contributed by atoms with van der Waals surface area (Å²) >= 11 is 0. The average Bonchev–Trinajstić information content (AvgIpc) is 2.27. The largest absolute Gasteiger partial charge is 0.290 e. The van der Waals surface area contributed by atoms with Crippen LogP contribution in [0.15, 0.2) is 43.1 Å². The molecule has 0 radical (unpaired) electrons. The van der Waals surface area contributed by atoms with E-state index in [0.29, 0.717) is 4.48 Å². The van der Waals surface area contributed by atoms with Gasteiger partial charge in [0.2, 0.25) is 0 Å². The molecule has 0 aliphatic carbocycles. The smallest absolute Gasteiger partial charge is 0.158 e. The van der Waals surface area contributed by atoms with Crippen molar-refractivity contribution >= 4 is 0 Å². The molecule has 1 heteroatoms. The van der Waals surface area contributed by atoms with Crippen molar-refractivity contribution in [3.63, 3.8) is 0 Å². The molecule has 0 saturated carbocycles. The Labute approximate surface area is 92.6 Å². The van der Waals surface area contributed by atoms with Gasteiger partial charge < -0.3 is 0 Å². The first-order valence-corrected chi connectivity index (χ1v) is 5.07. The molecule has 15 heavy (non-hydrogen) atoms. The van der Waals surface area contributed by atoms with Crippen molar-refractivity contribution in [1.29, 1.82) is 0 Å². The van der Waals surface area contributed by atoms with E-state index in [0.717, 1.165) is 6.42 Å². The predicted molar refractivity (Wildman–Crippen MR) is 65.1 cm³/mol. The topological polar surface area (TPSA) is 0 Å². The Morgan fingerprint density at radius 2 is 2.00 bits per heavy atom. The van der Waals surface area contributed by atoms with E-state index in [9.17, 15) is 0 Å². The molecule has 78 valence electrons. The summed E-state index contributed by atoms with van der Waals surface area (Å²) < 4.78 is 0.644. The number of nitrogens with zero attached hydrogens (tertiary/aromatic N) is 1. The molecule has 1 aromatic carbocycles. The number of benzene rings is 1. The van der Waals surface area contributed by atoms with E-state index in [1.54, 1.807) is 0 Å². The lowest BCUT2D eigenvalue weighted by molar-refractivity contribution is -0.856. The third kappa shape index (κ3) is 2.97. The lowest BCUT2D eigenvalue weighted by atomic mass is 10.0. The Morgan fingerprint density at radius 1 is 1.40 bits per heavy atom. The zero-order chi connectivity index (χ0) is 11.3. The Morgan fingerprint density at radius 3 is 2.47 bits per heavy atom. The van der Waals surface area contributed by atoms with Gasteiger partial charge in [0.1, 0.15) is 0 Å². The Hall–Kier alpha value is -1.52. The molecule has 0 bridgehead atoms. The number of quaternary nitrogens is 1. The van der Waals surface area contributed by atoms with Crippen LogP contribution in [0, 0.1) is 12.3 Å². The quantitative estimate of drug-likeness (QED) is 0.517. The average molecular weight is 200 g/mol. The molecule has 0 aliphatic heterocycles. The molecule has 1 nitrogen and oxygen atoms in total. The van der Waals surface area contributed by atoms with E-state index in [4.69, 9.17) is 6.42 Å². The van der Waals surface area contributed by atoms with E-state index in [-0.39, 0.29) is 6.04 Å². The van der Waals surface area contributed by atoms with Gasteiger partial charge in [-0.15, -0.1) is 6.42 Å². The van der Waals surface area contributed by atoms with Gasteiger partial charge >= 0.3 is 0 Å². The maximum Gasteiger partial charge on any atom is 0.158 e. The van der Waals surface area contributed by atoms with Crippen LogP contribution >= 0.6 is 0 Å². The van der Waals surface area contributed by atoms with Gasteiger partial charge in [0.05, 0.1) is 20.3 Å². The second kappa shape index (κ2) is 4.82. The number of rotatable bonds is 4. The third-order valence-electron chi connectivity index (χ3n) is 2.74. The van der Waals surface area contributed by atoms with Crippen LogP contribution in [-0.4, -0.2) is 24.6 Å². The normalized spacial score (nSPS) is 12.9. The first-order chi connectivity index (χ1) is 7.10. The second-order valence-electron chi connectivity index (χ2n) is 4.18. The molecular formula is C14H18N+. The van der Waals surface area contributed by atoms with Crippen LogP contribution in [0.5, 0.6) is 0 Å². The summed E-state index contributed by atoms with van der Waals surface area (Å²) in [5, 5.41) is 0. The molecule has 1 unspecified atom stereocenters. The summed E-state index contributed by atoms with van der Waals surface area (Å²) in [6.45, 7) is 3.82. The molecule has 0 heterocycles. The van der Waals surface area contributed by atoms with Crippen LogP contribution in [0.2, 0.25) is 0 Å². The molecule has 1 rings (SSSR count). The second-order valence-corrected chi connectivity index (χ2v) is 4.18. The van der Waals surface area contributed by atoms with Crippen molar-refractivity contribution in [2.75, 3.05) is 14.1 Å². The molecule has 0 fully saturated rings. The fraction of sp³-hybridized carbons (Fsp3) is 0.286. The lowest BCUT2D eigenvalue weighted by Crippen LogP contribution is -2.44. The van der Waals surface area contributed by atoms with Crippen molar-refractivity contribution in [2.24, 2.45) is 0 Å². The highest BCUT2D eigenvalue weighted by atomic mass is 15.3. The maximum atomic E-state index is 5.57. The molecule has 0 spiro atoms. The van der Waals surface area contributed by atoms with Crippen LogP contribution < -0.4 is 0 Å². The van der Waals surface area contributed by atoms with Crippen LogP contribution in [0.4, 0.5) is 0 Å². The van der Waals surface area contributed by atoms with Gasteiger partial charge in [-0.1, -0.05) is 30.3 Å². The first kappa shape index (κ1) is 11.6. The van der Waals surface area contributed by atoms with Gasteiger partial charge in [-0.2, -0.15) is 0 Å². The lowest BCUT2D eigenvalue weighted by Gasteiger charge is -2.30. The molecule has 1 aromatic rings. The van der Waals surface area contributed by atoms with Gasteiger partial charge in [0.25, 0.3) is 0 Å². The zero-order valence-electron chi connectivity index (χ0n) is 9.48. The van der Waals surface area contributed by atoms with Crippen molar-refractivity contribution in [3.05, 3.63) is 48.7 Å². The van der Waals surface area contributed by atoms with Gasteiger partial charge in [-0.25, -0.2) is 0 Å². The number of terminal acetylenes is 1. The molecular weight excluding hydrogens is 182 g/mol. The maximum absolute atomic E-state index is 5.57. The molecule has 0 amide bonds. The fourth-order valence-electron chi connectivity index (χ4n) is 1.45. The van der Waals surface area contributed by atoms with Gasteiger partial charge in [0, 0.05) is 6.42 Å². The van der Waals surface area contributed by atoms with Gasteiger partial charge in [0.15, 0.2) is 6.04 Å². The van der Waals surface area contributed by atoms with Crippen LogP contribution in [0.3, 0.4) is 0 Å². The highest BCUT2D eigenvalue weighted by molar-refractivity contribution is 5.18. The molecule has 1 atom stereocenters.